The summed E-state index contributed by atoms with van der Waals surface area (Å²) in [6.45, 7) is 5.95. The third kappa shape index (κ3) is 5.45. The molecule has 5 atom stereocenters. The highest BCUT2D eigenvalue weighted by Gasteiger charge is 2.52. The van der Waals surface area contributed by atoms with Gasteiger partial charge < -0.3 is 24.2 Å². The van der Waals surface area contributed by atoms with E-state index in [0.29, 0.717) is 13.1 Å². The maximum Gasteiger partial charge on any atom is 0.350 e. The fourth-order valence-electron chi connectivity index (χ4n) is 3.61. The zero-order chi connectivity index (χ0) is 23.6. The summed E-state index contributed by atoms with van der Waals surface area (Å²) >= 11 is 6.16. The summed E-state index contributed by atoms with van der Waals surface area (Å²) < 4.78 is 16.1. The van der Waals surface area contributed by atoms with Crippen LogP contribution in [0, 0.1) is 5.92 Å². The summed E-state index contributed by atoms with van der Waals surface area (Å²) in [7, 11) is 1.83. The number of hydrogen-bond donors (Lipinski definition) is 1. The molecule has 0 aromatic rings. The third-order valence-electron chi connectivity index (χ3n) is 5.97. The van der Waals surface area contributed by atoms with Crippen molar-refractivity contribution in [1.82, 2.24) is 4.90 Å². The van der Waals surface area contributed by atoms with Gasteiger partial charge in [0.2, 0.25) is 11.4 Å². The van der Waals surface area contributed by atoms with E-state index in [4.69, 9.17) is 25.8 Å². The van der Waals surface area contributed by atoms with Crippen LogP contribution in [0.1, 0.15) is 40.5 Å². The van der Waals surface area contributed by atoms with Crippen molar-refractivity contribution in [3.8, 4) is 0 Å². The Morgan fingerprint density at radius 1 is 1.35 bits per heavy atom. The number of nitrogens with zero attached hydrogens (tertiary/aromatic N) is 1. The molecule has 0 spiro atoms. The molecule has 0 aliphatic carbocycles. The molecular weight excluding hydrogens is 430 g/mol. The van der Waals surface area contributed by atoms with Crippen LogP contribution in [0.2, 0.25) is 0 Å². The van der Waals surface area contributed by atoms with Crippen molar-refractivity contribution in [1.29, 1.82) is 0 Å². The van der Waals surface area contributed by atoms with Gasteiger partial charge in [0, 0.05) is 37.9 Å². The summed E-state index contributed by atoms with van der Waals surface area (Å²) in [6.07, 6.45) is 0.292. The van der Waals surface area contributed by atoms with E-state index in [-0.39, 0.29) is 25.0 Å². The van der Waals surface area contributed by atoms with Crippen LogP contribution in [-0.2, 0) is 33.4 Å². The van der Waals surface area contributed by atoms with Crippen molar-refractivity contribution in [2.45, 2.75) is 63.2 Å². The van der Waals surface area contributed by atoms with Gasteiger partial charge >= 0.3 is 17.9 Å². The van der Waals surface area contributed by atoms with Gasteiger partial charge in [0.25, 0.3) is 0 Å². The molecule has 0 aromatic heterocycles. The molecule has 0 amide bonds. The fraction of sp³-hybridized carbons (Fsp3) is 0.714. The lowest BCUT2D eigenvalue weighted by atomic mass is 9.79. The van der Waals surface area contributed by atoms with Crippen molar-refractivity contribution in [3.63, 3.8) is 0 Å². The number of halogens is 1. The number of Topliss-reactive ketones (excluding diaryl/α,β-unsaturated/α-hetero) is 1. The van der Waals surface area contributed by atoms with E-state index in [1.165, 1.54) is 20.8 Å². The lowest BCUT2D eigenvalue weighted by molar-refractivity contribution is -0.192. The molecule has 10 heteroatoms. The van der Waals surface area contributed by atoms with Crippen LogP contribution in [0.5, 0.6) is 0 Å². The minimum atomic E-state index is -2.24. The average molecular weight is 460 g/mol. The standard InChI is InChI=1S/C21H30ClNO8/c1-12-10-21(28,13(2)22)19(27)30-16-7-9-23(5)8-6-15(17(16)25)11-29-18(26)20(12,4)31-14(3)24/h6,12-13,16,28H,7-11H2,1-5H3/t12-,13-,16-,20-,21+/m1/s1. The van der Waals surface area contributed by atoms with Crippen LogP contribution in [-0.4, -0.2) is 83.1 Å². The molecule has 0 saturated carbocycles. The minimum Gasteiger partial charge on any atom is -0.458 e. The first-order valence-electron chi connectivity index (χ1n) is 10.2. The maximum absolute atomic E-state index is 13.0. The molecule has 2 aliphatic heterocycles. The molecule has 0 aromatic carbocycles. The van der Waals surface area contributed by atoms with Crippen LogP contribution in [0.3, 0.4) is 0 Å². The predicted octanol–water partition coefficient (Wildman–Crippen LogP) is 0.992. The van der Waals surface area contributed by atoms with Gasteiger partial charge in [0.05, 0.1) is 5.38 Å². The molecule has 31 heavy (non-hydrogen) atoms. The monoisotopic (exact) mass is 459 g/mol. The van der Waals surface area contributed by atoms with Crippen molar-refractivity contribution < 1.29 is 38.5 Å². The molecule has 1 saturated heterocycles. The SMILES string of the molecule is CC(=O)O[C@@]1(C)C(=O)OCC2=CCN(C)CC[C@@H](OC(=O)[C@@](O)([C@@H](C)Cl)C[C@H]1C)C2=O. The van der Waals surface area contributed by atoms with Crippen LogP contribution in [0.4, 0.5) is 0 Å². The smallest absolute Gasteiger partial charge is 0.350 e. The molecule has 9 nitrogen and oxygen atoms in total. The number of ketones is 1. The molecule has 0 unspecified atom stereocenters. The molecule has 2 rings (SSSR count). The second-order valence-electron chi connectivity index (χ2n) is 8.46. The van der Waals surface area contributed by atoms with Crippen molar-refractivity contribution in [2.24, 2.45) is 5.92 Å². The Labute approximate surface area is 186 Å². The number of esters is 3. The average Bonchev–Trinajstić information content (AvgIpc) is 2.67. The van der Waals surface area contributed by atoms with Crippen LogP contribution in [0.15, 0.2) is 11.6 Å². The molecule has 174 valence electrons. The van der Waals surface area contributed by atoms with Gasteiger partial charge in [-0.1, -0.05) is 13.0 Å². The Bertz CT molecular complexity index is 781. The summed E-state index contributed by atoms with van der Waals surface area (Å²) in [5, 5.41) is 10.0. The van der Waals surface area contributed by atoms with E-state index in [9.17, 15) is 24.3 Å². The van der Waals surface area contributed by atoms with Crippen LogP contribution < -0.4 is 0 Å². The maximum atomic E-state index is 13.0. The summed E-state index contributed by atoms with van der Waals surface area (Å²) in [6, 6.07) is 0. The first kappa shape index (κ1) is 25.3. The first-order valence-corrected chi connectivity index (χ1v) is 10.6. The lowest BCUT2D eigenvalue weighted by Crippen LogP contribution is -2.56. The van der Waals surface area contributed by atoms with Crippen molar-refractivity contribution in [3.05, 3.63) is 11.6 Å². The largest absolute Gasteiger partial charge is 0.458 e. The number of alkyl halides is 1. The fourth-order valence-corrected chi connectivity index (χ4v) is 3.78. The van der Waals surface area contributed by atoms with Crippen molar-refractivity contribution in [2.75, 3.05) is 26.7 Å². The van der Waals surface area contributed by atoms with Gasteiger partial charge in [0.1, 0.15) is 6.61 Å². The van der Waals surface area contributed by atoms with E-state index in [2.05, 4.69) is 0 Å². The highest BCUT2D eigenvalue weighted by Crippen LogP contribution is 2.35. The van der Waals surface area contributed by atoms with Gasteiger partial charge in [-0.05, 0) is 27.3 Å². The topological polar surface area (TPSA) is 119 Å². The van der Waals surface area contributed by atoms with Crippen LogP contribution >= 0.6 is 11.6 Å². The van der Waals surface area contributed by atoms with E-state index in [1.54, 1.807) is 6.08 Å². The van der Waals surface area contributed by atoms with Gasteiger partial charge in [-0.25, -0.2) is 9.59 Å². The number of hydrogen-bond acceptors (Lipinski definition) is 9. The molecule has 2 aliphatic rings. The van der Waals surface area contributed by atoms with E-state index >= 15 is 0 Å². The summed E-state index contributed by atoms with van der Waals surface area (Å²) in [4.78, 5) is 52.6. The zero-order valence-corrected chi connectivity index (χ0v) is 19.2. The third-order valence-corrected chi connectivity index (χ3v) is 6.33. The number of rotatable bonds is 2. The second-order valence-corrected chi connectivity index (χ2v) is 9.12. The number of ether oxygens (including phenoxy) is 3. The normalized spacial score (nSPS) is 34.7. The van der Waals surface area contributed by atoms with Crippen molar-refractivity contribution >= 4 is 35.3 Å². The second kappa shape index (κ2) is 9.67. The number of carbonyl (C=O) groups is 4. The number of likely N-dealkylation sites (N-methyl/N-ethyl adjacent to an activating group) is 1. The molecule has 1 fully saturated rings. The highest BCUT2D eigenvalue weighted by molar-refractivity contribution is 6.23. The van der Waals surface area contributed by atoms with Gasteiger partial charge in [-0.2, -0.15) is 0 Å². The predicted molar refractivity (Wildman–Crippen MR) is 110 cm³/mol. The van der Waals surface area contributed by atoms with Gasteiger partial charge in [-0.15, -0.1) is 11.6 Å². The number of aliphatic hydroxyl groups is 1. The summed E-state index contributed by atoms with van der Waals surface area (Å²) in [5.74, 6) is -4.09. The Morgan fingerprint density at radius 2 is 2.00 bits per heavy atom. The molecule has 0 radical (unpaired) electrons. The van der Waals surface area contributed by atoms with Gasteiger partial charge in [0.15, 0.2) is 11.7 Å². The Morgan fingerprint density at radius 3 is 2.58 bits per heavy atom. The van der Waals surface area contributed by atoms with E-state index in [1.807, 2.05) is 11.9 Å². The zero-order valence-electron chi connectivity index (χ0n) is 18.5. The number of cyclic esters (lactones) is 1. The van der Waals surface area contributed by atoms with Crippen LogP contribution in [0.25, 0.3) is 0 Å². The lowest BCUT2D eigenvalue weighted by Gasteiger charge is -2.39. The molecule has 2 heterocycles. The minimum absolute atomic E-state index is 0.151. The molecule has 1 N–H and O–H groups in total. The van der Waals surface area contributed by atoms with Gasteiger partial charge in [-0.3, -0.25) is 9.59 Å². The highest BCUT2D eigenvalue weighted by atomic mass is 35.5. The Hall–Kier alpha value is -1.97. The van der Waals surface area contributed by atoms with E-state index < -0.39 is 52.3 Å². The molecular formula is C21H30ClNO8. The quantitative estimate of drug-likeness (QED) is 0.366. The number of carbonyl (C=O) groups excluding carboxylic acids is 4. The Kier molecular flexibility index (Phi) is 7.89. The number of fused-ring (bicyclic) bond motifs is 2. The summed E-state index contributed by atoms with van der Waals surface area (Å²) in [5.41, 5.74) is -3.91. The Balaban J connectivity index is 2.56. The first-order chi connectivity index (χ1) is 14.3. The van der Waals surface area contributed by atoms with E-state index in [0.717, 1.165) is 6.92 Å². The molecule has 2 bridgehead atoms.